The molecule has 0 radical (unpaired) electrons. The molecule has 0 saturated carbocycles. The predicted molar refractivity (Wildman–Crippen MR) is 141 cm³/mol. The lowest BCUT2D eigenvalue weighted by atomic mass is 9.73. The van der Waals surface area contributed by atoms with Crippen molar-refractivity contribution in [2.24, 2.45) is 23.0 Å². The number of rotatable bonds is 3. The summed E-state index contributed by atoms with van der Waals surface area (Å²) in [6.07, 6.45) is 6.96. The predicted octanol–water partition coefficient (Wildman–Crippen LogP) is 3.77. The molecule has 0 fully saturated rings. The minimum Gasteiger partial charge on any atom is -0.392 e. The Bertz CT molecular complexity index is 979. The van der Waals surface area contributed by atoms with E-state index in [1.165, 1.54) is 11.3 Å². The topological polar surface area (TPSA) is 126 Å². The number of nitrogens with zero attached hydrogens (tertiary/aromatic N) is 1. The zero-order chi connectivity index (χ0) is 26.3. The molecule has 7 nitrogen and oxygen atoms in total. The Morgan fingerprint density at radius 1 is 1.29 bits per heavy atom. The maximum absolute atomic E-state index is 13.2. The fourth-order valence-electron chi connectivity index (χ4n) is 4.24. The summed E-state index contributed by atoms with van der Waals surface area (Å²) in [5, 5.41) is 27.4. The van der Waals surface area contributed by atoms with E-state index in [0.717, 1.165) is 21.8 Å². The maximum Gasteiger partial charge on any atom is 0.223 e. The number of carbonyl (C=O) groups excluding carboxylic acids is 2. The highest BCUT2D eigenvalue weighted by Crippen LogP contribution is 2.31. The molecule has 5 atom stereocenters. The largest absolute Gasteiger partial charge is 0.392 e. The molecule has 194 valence electrons. The van der Waals surface area contributed by atoms with E-state index in [9.17, 15) is 19.8 Å². The SMILES string of the molecule is CC1=CC[C@@H](C(C)=Cc2csc(CN)n2)NC(=O)C[C@H](O)C(C)(C)C(=O)[C@H](C)C(O)[C@@H](C)CC=C1. The first-order valence-electron chi connectivity index (χ1n) is 12.2. The number of nitrogens with one attached hydrogen (secondary N) is 1. The van der Waals surface area contributed by atoms with Crippen molar-refractivity contribution in [1.82, 2.24) is 10.3 Å². The van der Waals surface area contributed by atoms with Crippen molar-refractivity contribution < 1.29 is 19.8 Å². The minimum atomic E-state index is -1.18. The van der Waals surface area contributed by atoms with Crippen LogP contribution in [0.25, 0.3) is 6.08 Å². The lowest BCUT2D eigenvalue weighted by molar-refractivity contribution is -0.143. The molecule has 0 bridgehead atoms. The van der Waals surface area contributed by atoms with Gasteiger partial charge in [0.25, 0.3) is 0 Å². The summed E-state index contributed by atoms with van der Waals surface area (Å²) in [4.78, 5) is 30.6. The van der Waals surface area contributed by atoms with E-state index >= 15 is 0 Å². The normalized spacial score (nSPS) is 29.6. The van der Waals surface area contributed by atoms with Gasteiger partial charge in [0.2, 0.25) is 5.91 Å². The number of ketones is 1. The van der Waals surface area contributed by atoms with Crippen molar-refractivity contribution in [3.63, 3.8) is 0 Å². The van der Waals surface area contributed by atoms with E-state index in [1.807, 2.05) is 44.4 Å². The van der Waals surface area contributed by atoms with Gasteiger partial charge in [0.1, 0.15) is 10.8 Å². The van der Waals surface area contributed by atoms with E-state index < -0.39 is 23.5 Å². The zero-order valence-electron chi connectivity index (χ0n) is 21.7. The van der Waals surface area contributed by atoms with Gasteiger partial charge in [0.15, 0.2) is 0 Å². The second-order valence-electron chi connectivity index (χ2n) is 10.3. The lowest BCUT2D eigenvalue weighted by Crippen LogP contribution is -2.47. The molecule has 0 aromatic carbocycles. The smallest absolute Gasteiger partial charge is 0.223 e. The molecule has 0 aliphatic carbocycles. The van der Waals surface area contributed by atoms with Crippen molar-refractivity contribution in [3.05, 3.63) is 45.5 Å². The van der Waals surface area contributed by atoms with Crippen molar-refractivity contribution >= 4 is 29.1 Å². The van der Waals surface area contributed by atoms with E-state index in [2.05, 4.69) is 16.4 Å². The van der Waals surface area contributed by atoms with Gasteiger partial charge in [-0.1, -0.05) is 51.5 Å². The molecule has 1 aliphatic rings. The van der Waals surface area contributed by atoms with Gasteiger partial charge in [-0.3, -0.25) is 9.59 Å². The Morgan fingerprint density at radius 3 is 2.60 bits per heavy atom. The van der Waals surface area contributed by atoms with Crippen LogP contribution in [0.5, 0.6) is 0 Å². The number of aliphatic hydroxyl groups is 2. The molecule has 35 heavy (non-hydrogen) atoms. The van der Waals surface area contributed by atoms with Crippen molar-refractivity contribution in [3.8, 4) is 0 Å². The highest BCUT2D eigenvalue weighted by molar-refractivity contribution is 7.09. The average molecular weight is 504 g/mol. The van der Waals surface area contributed by atoms with Crippen LogP contribution in [0.15, 0.2) is 34.8 Å². The molecule has 0 saturated heterocycles. The summed E-state index contributed by atoms with van der Waals surface area (Å²) in [6.45, 7) is 11.2. The minimum absolute atomic E-state index is 0.128. The average Bonchev–Trinajstić information content (AvgIpc) is 3.26. The van der Waals surface area contributed by atoms with E-state index in [-0.39, 0.29) is 30.1 Å². The number of Topliss-reactive ketones (excluding diaryl/α,β-unsaturated/α-hetero) is 1. The maximum atomic E-state index is 13.2. The summed E-state index contributed by atoms with van der Waals surface area (Å²) in [5.41, 5.74) is 7.26. The first-order chi connectivity index (χ1) is 16.4. The third kappa shape index (κ3) is 7.93. The number of thiazole rings is 1. The lowest BCUT2D eigenvalue weighted by Gasteiger charge is -2.34. The van der Waals surface area contributed by atoms with Gasteiger partial charge in [-0.05, 0) is 44.3 Å². The number of hydrogen-bond donors (Lipinski definition) is 4. The molecule has 8 heteroatoms. The van der Waals surface area contributed by atoms with Gasteiger partial charge < -0.3 is 21.3 Å². The van der Waals surface area contributed by atoms with Crippen LogP contribution in [0.4, 0.5) is 0 Å². The number of aromatic nitrogens is 1. The van der Waals surface area contributed by atoms with Gasteiger partial charge in [-0.2, -0.15) is 0 Å². The molecular formula is C27H41N3O4S. The second-order valence-corrected chi connectivity index (χ2v) is 11.2. The Morgan fingerprint density at radius 2 is 1.97 bits per heavy atom. The Balaban J connectivity index is 2.37. The Hall–Kier alpha value is -2.13. The monoisotopic (exact) mass is 503 g/mol. The number of hydrogen-bond acceptors (Lipinski definition) is 7. The number of aliphatic hydroxyl groups excluding tert-OH is 2. The fraction of sp³-hybridized carbons (Fsp3) is 0.593. The highest BCUT2D eigenvalue weighted by atomic mass is 32.1. The Labute approximate surface area is 213 Å². The molecule has 2 rings (SSSR count). The number of carbonyl (C=O) groups is 2. The van der Waals surface area contributed by atoms with Crippen LogP contribution in [0, 0.1) is 17.3 Å². The van der Waals surface area contributed by atoms with Crippen molar-refractivity contribution in [2.45, 2.75) is 85.6 Å². The number of allylic oxidation sites excluding steroid dienone is 3. The van der Waals surface area contributed by atoms with Gasteiger partial charge in [0.05, 0.1) is 35.8 Å². The van der Waals surface area contributed by atoms with Crippen molar-refractivity contribution in [2.75, 3.05) is 0 Å². The molecule has 1 unspecified atom stereocenters. The molecule has 5 N–H and O–H groups in total. The first kappa shape index (κ1) is 29.1. The third-order valence-corrected chi connectivity index (χ3v) is 7.81. The van der Waals surface area contributed by atoms with Crippen LogP contribution in [-0.4, -0.2) is 45.1 Å². The third-order valence-electron chi connectivity index (χ3n) is 6.92. The van der Waals surface area contributed by atoms with Gasteiger partial charge in [0, 0.05) is 17.8 Å². The van der Waals surface area contributed by atoms with Crippen LogP contribution >= 0.6 is 11.3 Å². The summed E-state index contributed by atoms with van der Waals surface area (Å²) in [5.74, 6) is -1.38. The van der Waals surface area contributed by atoms with Crippen LogP contribution in [-0.2, 0) is 16.1 Å². The van der Waals surface area contributed by atoms with Gasteiger partial charge in [-0.15, -0.1) is 11.3 Å². The molecule has 2 heterocycles. The summed E-state index contributed by atoms with van der Waals surface area (Å²) in [7, 11) is 0. The molecule has 1 aliphatic heterocycles. The summed E-state index contributed by atoms with van der Waals surface area (Å²) in [6, 6.07) is -0.299. The van der Waals surface area contributed by atoms with Crippen LogP contribution in [0.3, 0.4) is 0 Å². The van der Waals surface area contributed by atoms with Crippen LogP contribution in [0.2, 0.25) is 0 Å². The molecular weight excluding hydrogens is 462 g/mol. The quantitative estimate of drug-likeness (QED) is 0.498. The zero-order valence-corrected chi connectivity index (χ0v) is 22.6. The standard InChI is InChI=1S/C27H41N3O4S/c1-16-8-7-9-17(2)25(33)19(4)26(34)27(5,6)22(31)13-23(32)30-21(11-10-16)18(3)12-20-15-35-24(14-28)29-20/h7-8,10,12,15,17,19,21-22,25,31,33H,9,11,13-14,28H2,1-6H3,(H,30,32)/t17-,19+,21-,22-,25?/m0/s1. The number of amides is 1. The molecule has 1 aromatic rings. The van der Waals surface area contributed by atoms with Crippen LogP contribution < -0.4 is 11.1 Å². The van der Waals surface area contributed by atoms with E-state index in [0.29, 0.717) is 19.4 Å². The van der Waals surface area contributed by atoms with Gasteiger partial charge in [-0.25, -0.2) is 4.98 Å². The highest BCUT2D eigenvalue weighted by Gasteiger charge is 2.42. The summed E-state index contributed by atoms with van der Waals surface area (Å²) < 4.78 is 0. The molecule has 1 amide bonds. The van der Waals surface area contributed by atoms with Crippen LogP contribution in [0.1, 0.15) is 71.5 Å². The van der Waals surface area contributed by atoms with E-state index in [4.69, 9.17) is 5.73 Å². The second kappa shape index (κ2) is 12.7. The first-order valence-corrected chi connectivity index (χ1v) is 13.1. The van der Waals surface area contributed by atoms with Gasteiger partial charge >= 0.3 is 0 Å². The fourth-order valence-corrected chi connectivity index (χ4v) is 4.87. The molecule has 1 aromatic heterocycles. The number of nitrogens with two attached hydrogens (primary N) is 1. The van der Waals surface area contributed by atoms with E-state index in [1.54, 1.807) is 20.8 Å². The molecule has 0 spiro atoms. The summed E-state index contributed by atoms with van der Waals surface area (Å²) >= 11 is 1.49. The Kier molecular flexibility index (Phi) is 10.6. The van der Waals surface area contributed by atoms with Crippen molar-refractivity contribution in [1.29, 1.82) is 0 Å².